The second-order valence-electron chi connectivity index (χ2n) is 6.38. The molecule has 1 aliphatic rings. The number of para-hydroxylation sites is 1. The van der Waals surface area contributed by atoms with Gasteiger partial charge in [-0.2, -0.15) is 0 Å². The number of carbonyl (C=O) groups is 1. The predicted molar refractivity (Wildman–Crippen MR) is 105 cm³/mol. The number of nitrogens with zero attached hydrogens (tertiary/aromatic N) is 2. The number of nitrogens with one attached hydrogen (secondary N) is 2. The zero-order valence-corrected chi connectivity index (χ0v) is 16.1. The summed E-state index contributed by atoms with van der Waals surface area (Å²) in [5, 5.41) is 5.94. The summed E-state index contributed by atoms with van der Waals surface area (Å²) in [5.41, 5.74) is 0.619. The van der Waals surface area contributed by atoms with Gasteiger partial charge in [0.05, 0.1) is 5.69 Å². The normalized spacial score (nSPS) is 13.8. The van der Waals surface area contributed by atoms with Crippen LogP contribution in [0.1, 0.15) is 19.8 Å². The molecule has 1 aromatic carbocycles. The quantitative estimate of drug-likeness (QED) is 0.643. The van der Waals surface area contributed by atoms with E-state index < -0.39 is 10.0 Å². The molecule has 0 unspecified atom stereocenters. The number of aromatic nitrogens is 1. The molecule has 1 heterocycles. The van der Waals surface area contributed by atoms with E-state index in [2.05, 4.69) is 15.6 Å². The topological polar surface area (TPSA) is 91.4 Å². The van der Waals surface area contributed by atoms with Crippen LogP contribution in [0.25, 0.3) is 0 Å². The average Bonchev–Trinajstić information content (AvgIpc) is 3.52. The molecule has 0 saturated heterocycles. The predicted octanol–water partition coefficient (Wildman–Crippen LogP) is 2.23. The maximum absolute atomic E-state index is 12.9. The van der Waals surface area contributed by atoms with E-state index in [1.54, 1.807) is 43.3 Å². The minimum atomic E-state index is -3.67. The molecule has 2 N–H and O–H groups in total. The number of carbonyl (C=O) groups excluding carboxylic acids is 1. The van der Waals surface area contributed by atoms with Crippen LogP contribution in [-0.2, 0) is 14.8 Å². The number of hydrogen-bond acceptors (Lipinski definition) is 5. The molecule has 0 radical (unpaired) electrons. The second-order valence-corrected chi connectivity index (χ2v) is 8.24. The minimum absolute atomic E-state index is 0.103. The molecule has 3 rings (SSSR count). The standard InChI is InChI=1S/C19H24N4O3S/c1-2-23(16-6-4-3-5-7-16)27(25,26)17-10-11-18(22-14-17)20-12-13-21-19(24)15-8-9-15/h3-7,10-11,14-15H,2,8-9,12-13H2,1H3,(H,20,22)(H,21,24). The summed E-state index contributed by atoms with van der Waals surface area (Å²) in [4.78, 5) is 15.9. The van der Waals surface area contributed by atoms with E-state index in [0.717, 1.165) is 12.8 Å². The molecule has 0 atom stereocenters. The van der Waals surface area contributed by atoms with Gasteiger partial charge in [-0.25, -0.2) is 13.4 Å². The Balaban J connectivity index is 1.60. The molecule has 1 amide bonds. The molecular weight excluding hydrogens is 364 g/mol. The largest absolute Gasteiger partial charge is 0.368 e. The van der Waals surface area contributed by atoms with Crippen LogP contribution in [0.4, 0.5) is 11.5 Å². The molecule has 1 aliphatic carbocycles. The van der Waals surface area contributed by atoms with Gasteiger partial charge in [0.25, 0.3) is 10.0 Å². The Morgan fingerprint density at radius 1 is 1.15 bits per heavy atom. The van der Waals surface area contributed by atoms with Crippen molar-refractivity contribution in [3.05, 3.63) is 48.7 Å². The molecular formula is C19H24N4O3S. The lowest BCUT2D eigenvalue weighted by Gasteiger charge is -2.22. The van der Waals surface area contributed by atoms with E-state index >= 15 is 0 Å². The number of hydrogen-bond donors (Lipinski definition) is 2. The van der Waals surface area contributed by atoms with E-state index in [9.17, 15) is 13.2 Å². The Hall–Kier alpha value is -2.61. The maximum atomic E-state index is 12.9. The second kappa shape index (κ2) is 8.39. The van der Waals surface area contributed by atoms with Crippen LogP contribution in [-0.4, -0.2) is 38.9 Å². The van der Waals surface area contributed by atoms with Gasteiger partial charge in [-0.05, 0) is 44.0 Å². The molecule has 27 heavy (non-hydrogen) atoms. The number of pyridine rings is 1. The van der Waals surface area contributed by atoms with Crippen LogP contribution in [0.3, 0.4) is 0 Å². The highest BCUT2D eigenvalue weighted by Gasteiger charge is 2.29. The number of amides is 1. The monoisotopic (exact) mass is 388 g/mol. The molecule has 0 spiro atoms. The maximum Gasteiger partial charge on any atom is 0.265 e. The van der Waals surface area contributed by atoms with Gasteiger partial charge in [-0.15, -0.1) is 0 Å². The van der Waals surface area contributed by atoms with Crippen molar-refractivity contribution in [3.8, 4) is 0 Å². The lowest BCUT2D eigenvalue weighted by Crippen LogP contribution is -2.31. The van der Waals surface area contributed by atoms with E-state index in [4.69, 9.17) is 0 Å². The Morgan fingerprint density at radius 3 is 2.48 bits per heavy atom. The SMILES string of the molecule is CCN(c1ccccc1)S(=O)(=O)c1ccc(NCCNC(=O)C2CC2)nc1. The van der Waals surface area contributed by atoms with Crippen molar-refractivity contribution in [2.24, 2.45) is 5.92 Å². The summed E-state index contributed by atoms with van der Waals surface area (Å²) in [6.45, 7) is 3.16. The average molecular weight is 388 g/mol. The van der Waals surface area contributed by atoms with Crippen molar-refractivity contribution >= 4 is 27.4 Å². The Labute approximate surface area is 159 Å². The van der Waals surface area contributed by atoms with Gasteiger partial charge < -0.3 is 10.6 Å². The minimum Gasteiger partial charge on any atom is -0.368 e. The third kappa shape index (κ3) is 4.77. The first-order valence-electron chi connectivity index (χ1n) is 9.08. The first-order chi connectivity index (χ1) is 13.0. The van der Waals surface area contributed by atoms with Crippen molar-refractivity contribution < 1.29 is 13.2 Å². The van der Waals surface area contributed by atoms with Crippen LogP contribution in [0.15, 0.2) is 53.6 Å². The Morgan fingerprint density at radius 2 is 1.89 bits per heavy atom. The van der Waals surface area contributed by atoms with Crippen molar-refractivity contribution in [3.63, 3.8) is 0 Å². The van der Waals surface area contributed by atoms with Crippen molar-refractivity contribution in [1.82, 2.24) is 10.3 Å². The number of rotatable bonds is 9. The molecule has 1 saturated carbocycles. The first-order valence-corrected chi connectivity index (χ1v) is 10.5. The molecule has 1 fully saturated rings. The first kappa shape index (κ1) is 19.2. The van der Waals surface area contributed by atoms with Gasteiger partial charge in [0.1, 0.15) is 10.7 Å². The molecule has 7 nitrogen and oxygen atoms in total. The number of anilines is 2. The Bertz CT molecular complexity index is 866. The third-order valence-electron chi connectivity index (χ3n) is 4.33. The summed E-state index contributed by atoms with van der Waals surface area (Å²) in [6, 6.07) is 12.2. The summed E-state index contributed by atoms with van der Waals surface area (Å²) < 4.78 is 27.1. The zero-order valence-electron chi connectivity index (χ0n) is 15.3. The molecule has 0 aliphatic heterocycles. The third-order valence-corrected chi connectivity index (χ3v) is 6.22. The van der Waals surface area contributed by atoms with Crippen LogP contribution in [0.2, 0.25) is 0 Å². The van der Waals surface area contributed by atoms with Gasteiger partial charge in [0.2, 0.25) is 5.91 Å². The fourth-order valence-corrected chi connectivity index (χ4v) is 4.14. The van der Waals surface area contributed by atoms with E-state index in [-0.39, 0.29) is 16.7 Å². The van der Waals surface area contributed by atoms with Gasteiger partial charge in [0.15, 0.2) is 0 Å². The highest BCUT2D eigenvalue weighted by atomic mass is 32.2. The Kier molecular flexibility index (Phi) is 5.95. The summed E-state index contributed by atoms with van der Waals surface area (Å²) in [7, 11) is -3.67. The summed E-state index contributed by atoms with van der Waals surface area (Å²) in [5.74, 6) is 0.864. The lowest BCUT2D eigenvalue weighted by atomic mass is 10.3. The lowest BCUT2D eigenvalue weighted by molar-refractivity contribution is -0.122. The molecule has 2 aromatic rings. The van der Waals surface area contributed by atoms with Crippen molar-refractivity contribution in [2.45, 2.75) is 24.7 Å². The van der Waals surface area contributed by atoms with E-state index in [1.165, 1.54) is 10.5 Å². The van der Waals surface area contributed by atoms with E-state index in [1.807, 2.05) is 6.07 Å². The van der Waals surface area contributed by atoms with Gasteiger partial charge >= 0.3 is 0 Å². The van der Waals surface area contributed by atoms with E-state index in [0.29, 0.717) is 31.1 Å². The van der Waals surface area contributed by atoms with Gasteiger partial charge in [-0.1, -0.05) is 18.2 Å². The zero-order chi connectivity index (χ0) is 19.3. The highest BCUT2D eigenvalue weighted by Crippen LogP contribution is 2.28. The van der Waals surface area contributed by atoms with Crippen LogP contribution in [0.5, 0.6) is 0 Å². The smallest absolute Gasteiger partial charge is 0.265 e. The highest BCUT2D eigenvalue weighted by molar-refractivity contribution is 7.92. The van der Waals surface area contributed by atoms with Crippen molar-refractivity contribution in [2.75, 3.05) is 29.3 Å². The fraction of sp³-hybridized carbons (Fsp3) is 0.368. The summed E-state index contributed by atoms with van der Waals surface area (Å²) >= 11 is 0. The van der Waals surface area contributed by atoms with Crippen LogP contribution < -0.4 is 14.9 Å². The number of sulfonamides is 1. The van der Waals surface area contributed by atoms with Crippen LogP contribution in [0, 0.1) is 5.92 Å². The van der Waals surface area contributed by atoms with Crippen LogP contribution >= 0.6 is 0 Å². The van der Waals surface area contributed by atoms with Gasteiger partial charge in [-0.3, -0.25) is 9.10 Å². The fourth-order valence-electron chi connectivity index (χ4n) is 2.72. The summed E-state index contributed by atoms with van der Waals surface area (Å²) in [6.07, 6.45) is 3.31. The number of benzene rings is 1. The van der Waals surface area contributed by atoms with Gasteiger partial charge in [0, 0.05) is 31.7 Å². The van der Waals surface area contributed by atoms with Crippen molar-refractivity contribution in [1.29, 1.82) is 0 Å². The molecule has 8 heteroatoms. The molecule has 1 aromatic heterocycles. The molecule has 0 bridgehead atoms. The molecule has 144 valence electrons.